The molecule has 3 rings (SSSR count). The van der Waals surface area contributed by atoms with Crippen molar-refractivity contribution in [1.82, 2.24) is 4.90 Å². The van der Waals surface area contributed by atoms with Gasteiger partial charge >= 0.3 is 5.97 Å². The van der Waals surface area contributed by atoms with Gasteiger partial charge in [0.25, 0.3) is 5.91 Å². The number of para-hydroxylation sites is 1. The molecule has 136 valence electrons. The van der Waals surface area contributed by atoms with Crippen LogP contribution in [0.4, 0.5) is 0 Å². The molecule has 0 heterocycles. The summed E-state index contributed by atoms with van der Waals surface area (Å²) in [5.74, 6) is -0.993. The monoisotopic (exact) mass is 353 g/mol. The molecule has 5 heteroatoms. The molecule has 1 atom stereocenters. The second-order valence-electron chi connectivity index (χ2n) is 6.67. The molecule has 5 nitrogen and oxygen atoms in total. The van der Waals surface area contributed by atoms with Gasteiger partial charge in [-0.15, -0.1) is 0 Å². The van der Waals surface area contributed by atoms with E-state index in [0.29, 0.717) is 5.75 Å². The van der Waals surface area contributed by atoms with Gasteiger partial charge in [-0.05, 0) is 24.5 Å². The first kappa shape index (κ1) is 18.0. The number of aliphatic carboxylic acids is 1. The number of rotatable bonds is 8. The lowest BCUT2D eigenvalue weighted by Crippen LogP contribution is -2.41. The summed E-state index contributed by atoms with van der Waals surface area (Å²) in [6.07, 6.45) is 1.86. The summed E-state index contributed by atoms with van der Waals surface area (Å²) in [5, 5.41) is 9.12. The minimum atomic E-state index is -0.890. The van der Waals surface area contributed by atoms with Gasteiger partial charge in [-0.1, -0.05) is 55.5 Å². The molecule has 2 aromatic rings. The van der Waals surface area contributed by atoms with Gasteiger partial charge in [0.05, 0.1) is 5.92 Å². The molecule has 0 aliphatic heterocycles. The van der Waals surface area contributed by atoms with Crippen LogP contribution in [0.15, 0.2) is 54.6 Å². The number of amides is 1. The Morgan fingerprint density at radius 3 is 2.42 bits per heavy atom. The molecular weight excluding hydrogens is 330 g/mol. The molecule has 2 aromatic carbocycles. The standard InChI is InChI=1S/C21H23NO4/c1-15(21(24)25)13-22(17-11-12-17)20(23)14-26-19-10-6-5-9-18(19)16-7-3-2-4-8-16/h2-10,15,17H,11-14H2,1H3,(H,24,25). The van der Waals surface area contributed by atoms with Crippen molar-refractivity contribution in [2.24, 2.45) is 5.92 Å². The predicted molar refractivity (Wildman–Crippen MR) is 98.9 cm³/mol. The van der Waals surface area contributed by atoms with Gasteiger partial charge in [-0.25, -0.2) is 0 Å². The summed E-state index contributed by atoms with van der Waals surface area (Å²) < 4.78 is 5.82. The molecule has 1 amide bonds. The Hall–Kier alpha value is -2.82. The maximum Gasteiger partial charge on any atom is 0.308 e. The maximum atomic E-state index is 12.6. The fraction of sp³-hybridized carbons (Fsp3) is 0.333. The average Bonchev–Trinajstić information content (AvgIpc) is 3.50. The highest BCUT2D eigenvalue weighted by atomic mass is 16.5. The Morgan fingerprint density at radius 2 is 1.77 bits per heavy atom. The maximum absolute atomic E-state index is 12.6. The Balaban J connectivity index is 1.68. The number of carboxylic acid groups (broad SMARTS) is 1. The molecule has 1 aliphatic rings. The van der Waals surface area contributed by atoms with Crippen molar-refractivity contribution in [3.05, 3.63) is 54.6 Å². The topological polar surface area (TPSA) is 66.8 Å². The predicted octanol–water partition coefficient (Wildman–Crippen LogP) is 3.44. The third kappa shape index (κ3) is 4.42. The van der Waals surface area contributed by atoms with E-state index in [4.69, 9.17) is 9.84 Å². The third-order valence-corrected chi connectivity index (χ3v) is 4.52. The van der Waals surface area contributed by atoms with Crippen LogP contribution in [0, 0.1) is 5.92 Å². The van der Waals surface area contributed by atoms with Crippen molar-refractivity contribution < 1.29 is 19.4 Å². The smallest absolute Gasteiger partial charge is 0.308 e. The zero-order valence-corrected chi connectivity index (χ0v) is 14.8. The number of carbonyl (C=O) groups is 2. The normalized spacial score (nSPS) is 14.5. The van der Waals surface area contributed by atoms with Crippen molar-refractivity contribution in [2.45, 2.75) is 25.8 Å². The van der Waals surface area contributed by atoms with Gasteiger partial charge in [-0.2, -0.15) is 0 Å². The van der Waals surface area contributed by atoms with E-state index in [2.05, 4.69) is 0 Å². The van der Waals surface area contributed by atoms with E-state index < -0.39 is 11.9 Å². The summed E-state index contributed by atoms with van der Waals surface area (Å²) in [7, 11) is 0. The molecule has 0 aromatic heterocycles. The molecule has 0 spiro atoms. The minimum Gasteiger partial charge on any atom is -0.483 e. The molecule has 1 saturated carbocycles. The summed E-state index contributed by atoms with van der Waals surface area (Å²) in [6.45, 7) is 1.76. The van der Waals surface area contributed by atoms with Crippen LogP contribution >= 0.6 is 0 Å². The van der Waals surface area contributed by atoms with E-state index in [1.165, 1.54) is 0 Å². The zero-order valence-electron chi connectivity index (χ0n) is 14.8. The van der Waals surface area contributed by atoms with E-state index in [0.717, 1.165) is 24.0 Å². The van der Waals surface area contributed by atoms with E-state index in [1.807, 2.05) is 54.6 Å². The van der Waals surface area contributed by atoms with Gasteiger partial charge in [0.2, 0.25) is 0 Å². The third-order valence-electron chi connectivity index (χ3n) is 4.52. The minimum absolute atomic E-state index is 0.0906. The quantitative estimate of drug-likeness (QED) is 0.789. The molecule has 1 N–H and O–H groups in total. The summed E-state index contributed by atoms with van der Waals surface area (Å²) in [6, 6.07) is 17.6. The van der Waals surface area contributed by atoms with Crippen molar-refractivity contribution in [1.29, 1.82) is 0 Å². The molecule has 26 heavy (non-hydrogen) atoms. The van der Waals surface area contributed by atoms with Crippen molar-refractivity contribution in [3.8, 4) is 16.9 Å². The fourth-order valence-corrected chi connectivity index (χ4v) is 2.88. The molecule has 1 fully saturated rings. The summed E-state index contributed by atoms with van der Waals surface area (Å²) >= 11 is 0. The van der Waals surface area contributed by atoms with Gasteiger partial charge in [0.15, 0.2) is 6.61 Å². The lowest BCUT2D eigenvalue weighted by molar-refractivity contribution is -0.143. The summed E-state index contributed by atoms with van der Waals surface area (Å²) in [5.41, 5.74) is 1.95. The van der Waals surface area contributed by atoms with Crippen LogP contribution in [0.3, 0.4) is 0 Å². The lowest BCUT2D eigenvalue weighted by Gasteiger charge is -2.24. The lowest BCUT2D eigenvalue weighted by atomic mass is 10.1. The van der Waals surface area contributed by atoms with Crippen molar-refractivity contribution in [2.75, 3.05) is 13.2 Å². The van der Waals surface area contributed by atoms with Crippen LogP contribution < -0.4 is 4.74 Å². The highest BCUT2D eigenvalue weighted by molar-refractivity contribution is 5.80. The van der Waals surface area contributed by atoms with E-state index in [1.54, 1.807) is 11.8 Å². The average molecular weight is 353 g/mol. The largest absolute Gasteiger partial charge is 0.483 e. The SMILES string of the molecule is CC(CN(C(=O)COc1ccccc1-c1ccccc1)C1CC1)C(=O)O. The van der Waals surface area contributed by atoms with Crippen LogP contribution in [0.5, 0.6) is 5.75 Å². The van der Waals surface area contributed by atoms with E-state index >= 15 is 0 Å². The fourth-order valence-electron chi connectivity index (χ4n) is 2.88. The number of benzene rings is 2. The number of hydrogen-bond donors (Lipinski definition) is 1. The van der Waals surface area contributed by atoms with Gasteiger partial charge < -0.3 is 14.7 Å². The molecular formula is C21H23NO4. The van der Waals surface area contributed by atoms with Crippen LogP contribution in [-0.4, -0.2) is 41.1 Å². The van der Waals surface area contributed by atoms with Crippen LogP contribution in [0.1, 0.15) is 19.8 Å². The molecule has 0 saturated heterocycles. The van der Waals surface area contributed by atoms with Crippen LogP contribution in [0.25, 0.3) is 11.1 Å². The van der Waals surface area contributed by atoms with Gasteiger partial charge in [0, 0.05) is 18.2 Å². The Morgan fingerprint density at radius 1 is 1.12 bits per heavy atom. The number of hydrogen-bond acceptors (Lipinski definition) is 3. The molecule has 1 aliphatic carbocycles. The number of carbonyl (C=O) groups excluding carboxylic acids is 1. The van der Waals surface area contributed by atoms with Crippen molar-refractivity contribution in [3.63, 3.8) is 0 Å². The first-order valence-corrected chi connectivity index (χ1v) is 8.86. The molecule has 0 radical (unpaired) electrons. The van der Waals surface area contributed by atoms with Gasteiger partial charge in [0.1, 0.15) is 5.75 Å². The highest BCUT2D eigenvalue weighted by Gasteiger charge is 2.34. The Kier molecular flexibility index (Phi) is 5.56. The second-order valence-corrected chi connectivity index (χ2v) is 6.67. The Labute approximate surface area is 153 Å². The van der Waals surface area contributed by atoms with Gasteiger partial charge in [-0.3, -0.25) is 9.59 Å². The number of nitrogens with zero attached hydrogens (tertiary/aromatic N) is 1. The first-order valence-electron chi connectivity index (χ1n) is 8.86. The Bertz CT molecular complexity index is 771. The zero-order chi connectivity index (χ0) is 18.5. The van der Waals surface area contributed by atoms with E-state index in [9.17, 15) is 9.59 Å². The van der Waals surface area contributed by atoms with Crippen LogP contribution in [0.2, 0.25) is 0 Å². The summed E-state index contributed by atoms with van der Waals surface area (Å²) in [4.78, 5) is 25.4. The van der Waals surface area contributed by atoms with Crippen LogP contribution in [-0.2, 0) is 9.59 Å². The molecule has 0 bridgehead atoms. The number of ether oxygens (including phenoxy) is 1. The number of carboxylic acids is 1. The first-order chi connectivity index (χ1) is 12.6. The van der Waals surface area contributed by atoms with E-state index in [-0.39, 0.29) is 25.1 Å². The molecule has 1 unspecified atom stereocenters. The second kappa shape index (κ2) is 8.04. The van der Waals surface area contributed by atoms with Crippen molar-refractivity contribution >= 4 is 11.9 Å². The highest BCUT2D eigenvalue weighted by Crippen LogP contribution is 2.31.